The van der Waals surface area contributed by atoms with Gasteiger partial charge in [0.05, 0.1) is 11.5 Å². The van der Waals surface area contributed by atoms with E-state index in [1.165, 1.54) is 0 Å². The Balaban J connectivity index is 0.00000147. The average molecular weight is 442 g/mol. The maximum Gasteiger partial charge on any atom is 0.139 e. The summed E-state index contributed by atoms with van der Waals surface area (Å²) < 4.78 is 0. The Hall–Kier alpha value is -1.70. The van der Waals surface area contributed by atoms with Crippen LogP contribution in [0.1, 0.15) is 19.8 Å². The van der Waals surface area contributed by atoms with Crippen LogP contribution in [0.4, 0.5) is 11.8 Å². The number of aromatic nitrogens is 4. The zero-order valence-electron chi connectivity index (χ0n) is 11.0. The summed E-state index contributed by atoms with van der Waals surface area (Å²) in [6.45, 7) is 3.47. The number of nitrogen functional groups attached to an aromatic ring is 1. The fourth-order valence-electron chi connectivity index (χ4n) is 2.55. The third-order valence-electron chi connectivity index (χ3n) is 3.53. The van der Waals surface area contributed by atoms with Gasteiger partial charge in [-0.3, -0.25) is 5.10 Å². The molecule has 8 heteroatoms. The first-order valence-corrected chi connectivity index (χ1v) is 6.19. The summed E-state index contributed by atoms with van der Waals surface area (Å²) >= 11 is 0. The number of hydrogen-bond acceptors (Lipinski definition) is 6. The summed E-state index contributed by atoms with van der Waals surface area (Å²) in [4.78, 5) is 10.4. The van der Waals surface area contributed by atoms with Gasteiger partial charge in [0.25, 0.3) is 0 Å². The molecule has 20 heavy (non-hydrogen) atoms. The normalized spacial score (nSPS) is 22.3. The van der Waals surface area contributed by atoms with E-state index in [1.54, 1.807) is 6.20 Å². The van der Waals surface area contributed by atoms with Gasteiger partial charge in [0.15, 0.2) is 0 Å². The first kappa shape index (κ1) is 14.7. The molecule has 1 radical (unpaired) electrons. The Morgan fingerprint density at radius 2 is 2.30 bits per heavy atom. The van der Waals surface area contributed by atoms with Gasteiger partial charge in [0, 0.05) is 45.1 Å². The predicted molar refractivity (Wildman–Crippen MR) is 70.2 cm³/mol. The van der Waals surface area contributed by atoms with Crippen LogP contribution < -0.4 is 15.7 Å². The Morgan fingerprint density at radius 3 is 3.05 bits per heavy atom. The van der Waals surface area contributed by atoms with Gasteiger partial charge in [0.2, 0.25) is 0 Å². The van der Waals surface area contributed by atoms with E-state index >= 15 is 0 Å². The quantitative estimate of drug-likeness (QED) is 0.693. The number of nitrogens with two attached hydrogens (primary N) is 1. The second-order valence-corrected chi connectivity index (χ2v) is 5.18. The van der Waals surface area contributed by atoms with Crippen molar-refractivity contribution >= 4 is 22.8 Å². The van der Waals surface area contributed by atoms with Crippen molar-refractivity contribution in [2.75, 3.05) is 23.7 Å². The van der Waals surface area contributed by atoms with Crippen molar-refractivity contribution < 1.29 is 20.4 Å². The molecule has 2 aromatic rings. The standard InChI is InChI=1S/C12H14N7.Re/c1-12(6-13)3-2-4-19(7-12)10-8-5-15-18-9(8)16-11(14)17-10;/h5H,2-4,7H2,1H3,(H2-,14,15,16,17,18);/q-1;/t12-;/m1./s1. The molecule has 1 saturated heterocycles. The molecule has 1 aliphatic rings. The topological polar surface area (TPSA) is 106 Å². The fraction of sp³-hybridized carbons (Fsp3) is 0.500. The van der Waals surface area contributed by atoms with Crippen molar-refractivity contribution in [2.45, 2.75) is 19.8 Å². The minimum absolute atomic E-state index is 0. The van der Waals surface area contributed by atoms with Crippen molar-refractivity contribution in [2.24, 2.45) is 5.41 Å². The Bertz CT molecular complexity index is 661. The number of piperidine rings is 1. The summed E-state index contributed by atoms with van der Waals surface area (Å²) in [6.07, 6.45) is 3.50. The van der Waals surface area contributed by atoms with E-state index in [1.807, 2.05) is 6.92 Å². The van der Waals surface area contributed by atoms with E-state index in [-0.39, 0.29) is 31.8 Å². The Labute approximate surface area is 130 Å². The molecule has 2 aromatic heterocycles. The molecule has 0 bridgehead atoms. The van der Waals surface area contributed by atoms with Gasteiger partial charge in [-0.25, -0.2) is 4.98 Å². The van der Waals surface area contributed by atoms with Crippen molar-refractivity contribution in [1.82, 2.24) is 20.2 Å². The molecule has 0 amide bonds. The van der Waals surface area contributed by atoms with E-state index in [9.17, 15) is 5.26 Å². The number of nitrogens with zero attached hydrogens (tertiary/aromatic N) is 6. The average Bonchev–Trinajstić information content (AvgIpc) is 2.86. The van der Waals surface area contributed by atoms with Gasteiger partial charge in [-0.05, 0) is 25.4 Å². The molecule has 2 N–H and O–H groups in total. The number of hydrogen-bond donors (Lipinski definition) is 1. The SMILES string of the molecule is C[C@]1(C#N)CCCN(c2nc(N)nc3[n-]ncc23)C1.[Re]. The van der Waals surface area contributed by atoms with Crippen molar-refractivity contribution in [3.8, 4) is 6.07 Å². The summed E-state index contributed by atoms with van der Waals surface area (Å²) in [5.74, 6) is 0.918. The van der Waals surface area contributed by atoms with E-state index in [0.717, 1.165) is 30.6 Å². The molecule has 3 heterocycles. The molecular formula is C12H14N7Re-. The van der Waals surface area contributed by atoms with Gasteiger partial charge < -0.3 is 20.7 Å². The Morgan fingerprint density at radius 1 is 1.50 bits per heavy atom. The molecule has 0 spiro atoms. The summed E-state index contributed by atoms with van der Waals surface area (Å²) in [7, 11) is 0. The molecule has 0 aliphatic carbocycles. The molecule has 0 unspecified atom stereocenters. The van der Waals surface area contributed by atoms with Crippen molar-refractivity contribution in [3.05, 3.63) is 6.20 Å². The maximum atomic E-state index is 9.28. The van der Waals surface area contributed by atoms with Crippen LogP contribution in [-0.2, 0) is 20.4 Å². The van der Waals surface area contributed by atoms with Crippen LogP contribution in [0.2, 0.25) is 0 Å². The molecular weight excluding hydrogens is 428 g/mol. The van der Waals surface area contributed by atoms with Crippen LogP contribution in [0.15, 0.2) is 6.20 Å². The smallest absolute Gasteiger partial charge is 0.139 e. The van der Waals surface area contributed by atoms with Crippen LogP contribution in [0.25, 0.3) is 11.0 Å². The van der Waals surface area contributed by atoms with E-state index in [2.05, 4.69) is 31.1 Å². The second kappa shape index (κ2) is 5.36. The minimum Gasteiger partial charge on any atom is -0.403 e. The maximum absolute atomic E-state index is 9.28. The summed E-state index contributed by atoms with van der Waals surface area (Å²) in [5, 5.41) is 17.8. The van der Waals surface area contributed by atoms with Crippen molar-refractivity contribution in [3.63, 3.8) is 0 Å². The van der Waals surface area contributed by atoms with E-state index < -0.39 is 0 Å². The van der Waals surface area contributed by atoms with E-state index in [4.69, 9.17) is 5.73 Å². The number of nitriles is 1. The molecule has 0 aromatic carbocycles. The number of rotatable bonds is 1. The zero-order chi connectivity index (χ0) is 13.5. The van der Waals surface area contributed by atoms with Gasteiger partial charge in [0.1, 0.15) is 11.8 Å². The van der Waals surface area contributed by atoms with Gasteiger partial charge in [-0.15, -0.1) is 0 Å². The number of fused-ring (bicyclic) bond motifs is 1. The molecule has 7 nitrogen and oxygen atoms in total. The van der Waals surface area contributed by atoms with Gasteiger partial charge in [-0.1, -0.05) is 0 Å². The van der Waals surface area contributed by atoms with Crippen LogP contribution in [0.5, 0.6) is 0 Å². The molecule has 105 valence electrons. The van der Waals surface area contributed by atoms with Gasteiger partial charge in [-0.2, -0.15) is 5.26 Å². The first-order chi connectivity index (χ1) is 9.11. The summed E-state index contributed by atoms with van der Waals surface area (Å²) in [5.41, 5.74) is 5.87. The largest absolute Gasteiger partial charge is 0.403 e. The molecule has 3 rings (SSSR count). The summed E-state index contributed by atoms with van der Waals surface area (Å²) in [6, 6.07) is 2.39. The van der Waals surface area contributed by atoms with Crippen LogP contribution in [-0.4, -0.2) is 28.2 Å². The monoisotopic (exact) mass is 443 g/mol. The van der Waals surface area contributed by atoms with Crippen molar-refractivity contribution in [1.29, 1.82) is 5.26 Å². The van der Waals surface area contributed by atoms with Crippen LogP contribution >= 0.6 is 0 Å². The molecule has 0 saturated carbocycles. The van der Waals surface area contributed by atoms with E-state index in [0.29, 0.717) is 12.2 Å². The third-order valence-corrected chi connectivity index (χ3v) is 3.53. The predicted octanol–water partition coefficient (Wildman–Crippen LogP) is 0.692. The molecule has 1 aliphatic heterocycles. The molecule has 1 fully saturated rings. The fourth-order valence-corrected chi connectivity index (χ4v) is 2.55. The Kier molecular flexibility index (Phi) is 3.94. The van der Waals surface area contributed by atoms with Crippen LogP contribution in [0.3, 0.4) is 0 Å². The minimum atomic E-state index is -0.349. The number of anilines is 2. The van der Waals surface area contributed by atoms with Gasteiger partial charge >= 0.3 is 0 Å². The second-order valence-electron chi connectivity index (χ2n) is 5.18. The first-order valence-electron chi connectivity index (χ1n) is 6.19. The third kappa shape index (κ3) is 2.47. The zero-order valence-corrected chi connectivity index (χ0v) is 13.8. The molecule has 1 atom stereocenters. The van der Waals surface area contributed by atoms with Crippen LogP contribution in [0, 0.1) is 16.7 Å².